The Morgan fingerprint density at radius 3 is 2.47 bits per heavy atom. The van der Waals surface area contributed by atoms with E-state index in [9.17, 15) is 9.59 Å². The summed E-state index contributed by atoms with van der Waals surface area (Å²) in [5, 5.41) is 9.11. The van der Waals surface area contributed by atoms with E-state index in [1.165, 1.54) is 0 Å². The second-order valence-electron chi connectivity index (χ2n) is 5.69. The number of nitrogens with zero attached hydrogens (tertiary/aromatic N) is 2. The lowest BCUT2D eigenvalue weighted by Crippen LogP contribution is -2.55. The van der Waals surface area contributed by atoms with Crippen LogP contribution in [0.3, 0.4) is 0 Å². The van der Waals surface area contributed by atoms with Crippen LogP contribution in [0, 0.1) is 0 Å². The lowest BCUT2D eigenvalue weighted by molar-refractivity contribution is -0.893. The molecule has 0 aromatic rings. The zero-order chi connectivity index (χ0) is 12.6. The second kappa shape index (κ2) is 4.29. The van der Waals surface area contributed by atoms with Crippen molar-refractivity contribution in [3.8, 4) is 0 Å². The van der Waals surface area contributed by atoms with Crippen molar-refractivity contribution in [1.29, 1.82) is 0 Å². The van der Waals surface area contributed by atoms with Crippen LogP contribution in [0.4, 0.5) is 0 Å². The maximum atomic E-state index is 12.4. The van der Waals surface area contributed by atoms with Crippen LogP contribution in [0.5, 0.6) is 0 Å². The molecule has 2 fully saturated rings. The van der Waals surface area contributed by atoms with Crippen LogP contribution < -0.4 is 0 Å². The number of hydrogen-bond donors (Lipinski definition) is 1. The van der Waals surface area contributed by atoms with Gasteiger partial charge in [-0.2, -0.15) is 0 Å². The van der Waals surface area contributed by atoms with E-state index in [2.05, 4.69) is 14.1 Å². The monoisotopic (exact) mass is 241 g/mol. The molecule has 0 unspecified atom stereocenters. The summed E-state index contributed by atoms with van der Waals surface area (Å²) < 4.78 is 0.696. The number of likely N-dealkylation sites (tertiary alicyclic amines) is 2. The van der Waals surface area contributed by atoms with E-state index in [-0.39, 0.29) is 11.9 Å². The predicted octanol–water partition coefficient (Wildman–Crippen LogP) is 0.301. The molecule has 0 aromatic carbocycles. The first kappa shape index (κ1) is 12.4. The number of carbonyl (C=O) groups is 2. The Morgan fingerprint density at radius 1 is 1.24 bits per heavy atom. The molecule has 1 amide bonds. The third-order valence-electron chi connectivity index (χ3n) is 4.16. The zero-order valence-electron chi connectivity index (χ0n) is 10.6. The molecule has 0 radical (unpaired) electrons. The van der Waals surface area contributed by atoms with Crippen LogP contribution in [0.15, 0.2) is 0 Å². The minimum atomic E-state index is -0.862. The minimum Gasteiger partial charge on any atom is -0.480 e. The molecule has 0 aliphatic carbocycles. The van der Waals surface area contributed by atoms with Gasteiger partial charge < -0.3 is 14.5 Å². The number of aliphatic carboxylic acids is 1. The largest absolute Gasteiger partial charge is 0.480 e. The van der Waals surface area contributed by atoms with Crippen molar-refractivity contribution in [3.05, 3.63) is 0 Å². The molecule has 0 spiro atoms. The van der Waals surface area contributed by atoms with Crippen molar-refractivity contribution in [2.24, 2.45) is 0 Å². The molecule has 5 heteroatoms. The van der Waals surface area contributed by atoms with Gasteiger partial charge in [-0.05, 0) is 12.8 Å². The Labute approximate surface area is 102 Å². The molecule has 96 valence electrons. The van der Waals surface area contributed by atoms with Crippen LogP contribution in [0.25, 0.3) is 0 Å². The molecule has 2 aliphatic rings. The summed E-state index contributed by atoms with van der Waals surface area (Å²) in [6.07, 6.45) is 3.34. The molecule has 2 saturated heterocycles. The van der Waals surface area contributed by atoms with E-state index in [0.717, 1.165) is 25.8 Å². The molecular weight excluding hydrogens is 220 g/mol. The van der Waals surface area contributed by atoms with Crippen LogP contribution in [-0.4, -0.2) is 65.6 Å². The smallest absolute Gasteiger partial charge is 0.326 e. The first-order valence-electron chi connectivity index (χ1n) is 6.29. The standard InChI is InChI=1S/C12H20N2O3/c1-14(2)8-4-6-10(14)11(15)13-7-3-5-9(13)12(16)17/h9-10H,3-8H2,1-2H3/p+1/t9-,10-/m0/s1. The van der Waals surface area contributed by atoms with Crippen molar-refractivity contribution < 1.29 is 19.2 Å². The van der Waals surface area contributed by atoms with Gasteiger partial charge in [0.2, 0.25) is 0 Å². The van der Waals surface area contributed by atoms with E-state index in [4.69, 9.17) is 5.11 Å². The van der Waals surface area contributed by atoms with E-state index < -0.39 is 12.0 Å². The molecule has 1 N–H and O–H groups in total. The van der Waals surface area contributed by atoms with Gasteiger partial charge in [0.1, 0.15) is 6.04 Å². The molecule has 0 aromatic heterocycles. The fourth-order valence-corrected chi connectivity index (χ4v) is 3.10. The summed E-state index contributed by atoms with van der Waals surface area (Å²) in [6.45, 7) is 1.61. The van der Waals surface area contributed by atoms with Crippen LogP contribution in [0.2, 0.25) is 0 Å². The SMILES string of the molecule is C[N+]1(C)CCC[C@H]1C(=O)N1CCC[C@H]1C(=O)O. The van der Waals surface area contributed by atoms with E-state index >= 15 is 0 Å². The van der Waals surface area contributed by atoms with Gasteiger partial charge in [0.25, 0.3) is 5.91 Å². The van der Waals surface area contributed by atoms with E-state index in [0.29, 0.717) is 17.4 Å². The Morgan fingerprint density at radius 2 is 1.94 bits per heavy atom. The summed E-state index contributed by atoms with van der Waals surface area (Å²) in [5.41, 5.74) is 0. The average Bonchev–Trinajstić information content (AvgIpc) is 2.82. The number of carbonyl (C=O) groups excluding carboxylic acids is 1. The highest BCUT2D eigenvalue weighted by Gasteiger charge is 2.45. The van der Waals surface area contributed by atoms with Gasteiger partial charge in [-0.25, -0.2) is 4.79 Å². The molecule has 2 heterocycles. The van der Waals surface area contributed by atoms with Gasteiger partial charge in [0, 0.05) is 19.4 Å². The van der Waals surface area contributed by atoms with Crippen LogP contribution >= 0.6 is 0 Å². The Hall–Kier alpha value is -1.10. The van der Waals surface area contributed by atoms with Gasteiger partial charge in [0.15, 0.2) is 6.04 Å². The lowest BCUT2D eigenvalue weighted by atomic mass is 10.1. The number of amides is 1. The molecular formula is C12H21N2O3+. The Bertz CT molecular complexity index is 341. The van der Waals surface area contributed by atoms with Crippen molar-refractivity contribution in [3.63, 3.8) is 0 Å². The quantitative estimate of drug-likeness (QED) is 0.707. The van der Waals surface area contributed by atoms with E-state index in [1.54, 1.807) is 4.90 Å². The molecule has 2 aliphatic heterocycles. The molecule has 0 saturated carbocycles. The number of carboxylic acid groups (broad SMARTS) is 1. The molecule has 2 atom stereocenters. The normalized spacial score (nSPS) is 31.8. The fraction of sp³-hybridized carbons (Fsp3) is 0.833. The van der Waals surface area contributed by atoms with Crippen molar-refractivity contribution >= 4 is 11.9 Å². The second-order valence-corrected chi connectivity index (χ2v) is 5.69. The van der Waals surface area contributed by atoms with Crippen LogP contribution in [0.1, 0.15) is 25.7 Å². The highest BCUT2D eigenvalue weighted by molar-refractivity contribution is 5.87. The molecule has 5 nitrogen and oxygen atoms in total. The summed E-state index contributed by atoms with van der Waals surface area (Å²) in [6, 6.07) is -0.641. The predicted molar refractivity (Wildman–Crippen MR) is 62.4 cm³/mol. The number of carboxylic acids is 1. The molecule has 2 rings (SSSR count). The third-order valence-corrected chi connectivity index (χ3v) is 4.16. The lowest BCUT2D eigenvalue weighted by Gasteiger charge is -2.34. The number of hydrogen-bond acceptors (Lipinski definition) is 2. The Kier molecular flexibility index (Phi) is 3.12. The van der Waals surface area contributed by atoms with Gasteiger partial charge in [-0.3, -0.25) is 4.79 Å². The number of quaternary nitrogens is 1. The van der Waals surface area contributed by atoms with Crippen molar-refractivity contribution in [1.82, 2.24) is 4.90 Å². The topological polar surface area (TPSA) is 57.6 Å². The van der Waals surface area contributed by atoms with Crippen molar-refractivity contribution in [2.75, 3.05) is 27.2 Å². The maximum absolute atomic E-state index is 12.4. The van der Waals surface area contributed by atoms with Gasteiger partial charge in [0.05, 0.1) is 20.6 Å². The highest BCUT2D eigenvalue weighted by atomic mass is 16.4. The zero-order valence-corrected chi connectivity index (χ0v) is 10.6. The number of likely N-dealkylation sites (N-methyl/N-ethyl adjacent to an activating group) is 1. The first-order chi connectivity index (χ1) is 7.93. The fourth-order valence-electron chi connectivity index (χ4n) is 3.10. The highest BCUT2D eigenvalue weighted by Crippen LogP contribution is 2.27. The summed E-state index contributed by atoms with van der Waals surface area (Å²) in [5.74, 6) is -0.823. The third kappa shape index (κ3) is 2.16. The van der Waals surface area contributed by atoms with Gasteiger partial charge in [-0.1, -0.05) is 0 Å². The maximum Gasteiger partial charge on any atom is 0.326 e. The minimum absolute atomic E-state index is 0.0393. The van der Waals surface area contributed by atoms with Gasteiger partial charge in [-0.15, -0.1) is 0 Å². The summed E-state index contributed by atoms with van der Waals surface area (Å²) >= 11 is 0. The molecule has 0 bridgehead atoms. The van der Waals surface area contributed by atoms with Crippen LogP contribution in [-0.2, 0) is 9.59 Å². The van der Waals surface area contributed by atoms with E-state index in [1.807, 2.05) is 0 Å². The van der Waals surface area contributed by atoms with Crippen molar-refractivity contribution in [2.45, 2.75) is 37.8 Å². The number of rotatable bonds is 2. The summed E-state index contributed by atoms with van der Waals surface area (Å²) in [4.78, 5) is 25.1. The molecule has 17 heavy (non-hydrogen) atoms. The van der Waals surface area contributed by atoms with Gasteiger partial charge >= 0.3 is 5.97 Å². The first-order valence-corrected chi connectivity index (χ1v) is 6.29. The summed E-state index contributed by atoms with van der Waals surface area (Å²) in [7, 11) is 4.11. The average molecular weight is 241 g/mol. The Balaban J connectivity index is 2.12.